The van der Waals surface area contributed by atoms with Gasteiger partial charge in [0.2, 0.25) is 0 Å². The van der Waals surface area contributed by atoms with Crippen molar-refractivity contribution in [3.63, 3.8) is 0 Å². The third kappa shape index (κ3) is 5.75. The number of carbonyl (C=O) groups excluding carboxylic acids is 1. The third-order valence-corrected chi connectivity index (χ3v) is 7.91. The van der Waals surface area contributed by atoms with E-state index in [1.165, 1.54) is 24.0 Å². The molecule has 188 valence electrons. The molecular formula is C29H39N3O3. The number of piperidine rings is 2. The van der Waals surface area contributed by atoms with Crippen molar-refractivity contribution < 1.29 is 14.3 Å². The standard InChI is InChI=1S/C29H39N3O3/c1-22(2)21-35-26-6-4-3-5-24(26)20-31-14-10-29(11-15-31)12-16-32(17-13-29)28(33)30-25-8-7-23-9-18-34-27(23)19-25/h3-8,19,22H,9-18,20-21H2,1-2H3,(H,30,33). The molecule has 2 aromatic rings. The lowest BCUT2D eigenvalue weighted by Crippen LogP contribution is -2.49. The number of nitrogens with one attached hydrogen (secondary N) is 1. The van der Waals surface area contributed by atoms with Crippen LogP contribution in [-0.2, 0) is 13.0 Å². The largest absolute Gasteiger partial charge is 0.493 e. The number of benzene rings is 2. The Bertz CT molecular complexity index is 1020. The van der Waals surface area contributed by atoms with E-state index in [9.17, 15) is 4.79 Å². The van der Waals surface area contributed by atoms with E-state index in [-0.39, 0.29) is 6.03 Å². The van der Waals surface area contributed by atoms with E-state index in [0.29, 0.717) is 11.3 Å². The van der Waals surface area contributed by atoms with Crippen molar-refractivity contribution in [1.29, 1.82) is 0 Å². The molecule has 0 atom stereocenters. The normalized spacial score (nSPS) is 19.5. The molecule has 2 saturated heterocycles. The van der Waals surface area contributed by atoms with Gasteiger partial charge in [0.15, 0.2) is 0 Å². The van der Waals surface area contributed by atoms with Gasteiger partial charge in [-0.1, -0.05) is 38.1 Å². The Morgan fingerprint density at radius 1 is 1.06 bits per heavy atom. The molecule has 0 aliphatic carbocycles. The summed E-state index contributed by atoms with van der Waals surface area (Å²) in [6.07, 6.45) is 5.55. The van der Waals surface area contributed by atoms with Crippen LogP contribution in [0.2, 0.25) is 0 Å². The summed E-state index contributed by atoms with van der Waals surface area (Å²) in [5, 5.41) is 3.08. The molecule has 1 N–H and O–H groups in total. The average molecular weight is 478 g/mol. The van der Waals surface area contributed by atoms with E-state index in [1.54, 1.807) is 0 Å². The molecule has 0 saturated carbocycles. The minimum absolute atomic E-state index is 0.00763. The number of rotatable bonds is 6. The van der Waals surface area contributed by atoms with Crippen molar-refractivity contribution in [1.82, 2.24) is 9.80 Å². The van der Waals surface area contributed by atoms with Gasteiger partial charge < -0.3 is 19.7 Å². The van der Waals surface area contributed by atoms with E-state index in [2.05, 4.69) is 54.4 Å². The highest BCUT2D eigenvalue weighted by Gasteiger charge is 2.38. The molecule has 6 heteroatoms. The Labute approximate surface area is 209 Å². The SMILES string of the molecule is CC(C)COc1ccccc1CN1CCC2(CC1)CCN(C(=O)Nc1ccc3c(c1)OCC3)CC2. The number of hydrogen-bond acceptors (Lipinski definition) is 4. The van der Waals surface area contributed by atoms with Gasteiger partial charge in [0.1, 0.15) is 11.5 Å². The van der Waals surface area contributed by atoms with Crippen LogP contribution in [0.15, 0.2) is 42.5 Å². The topological polar surface area (TPSA) is 54.0 Å². The van der Waals surface area contributed by atoms with Gasteiger partial charge in [0.25, 0.3) is 0 Å². The Kier molecular flexibility index (Phi) is 7.19. The molecule has 2 aromatic carbocycles. The number of amides is 2. The van der Waals surface area contributed by atoms with Crippen molar-refractivity contribution >= 4 is 11.7 Å². The van der Waals surface area contributed by atoms with Gasteiger partial charge in [-0.3, -0.25) is 4.90 Å². The predicted molar refractivity (Wildman–Crippen MR) is 139 cm³/mol. The number of anilines is 1. The molecule has 0 unspecified atom stereocenters. The smallest absolute Gasteiger partial charge is 0.321 e. The molecule has 0 radical (unpaired) electrons. The number of nitrogens with zero attached hydrogens (tertiary/aromatic N) is 2. The first-order chi connectivity index (χ1) is 17.0. The predicted octanol–water partition coefficient (Wildman–Crippen LogP) is 5.57. The molecule has 35 heavy (non-hydrogen) atoms. The van der Waals surface area contributed by atoms with Gasteiger partial charge in [-0.15, -0.1) is 0 Å². The van der Waals surface area contributed by atoms with E-state index in [1.807, 2.05) is 17.0 Å². The zero-order valence-corrected chi connectivity index (χ0v) is 21.2. The summed E-state index contributed by atoms with van der Waals surface area (Å²) in [6.45, 7) is 10.7. The van der Waals surface area contributed by atoms with E-state index in [4.69, 9.17) is 9.47 Å². The Balaban J connectivity index is 1.10. The zero-order valence-electron chi connectivity index (χ0n) is 21.2. The van der Waals surface area contributed by atoms with Crippen LogP contribution in [-0.4, -0.2) is 55.2 Å². The fraction of sp³-hybridized carbons (Fsp3) is 0.552. The summed E-state index contributed by atoms with van der Waals surface area (Å²) in [6, 6.07) is 14.5. The van der Waals surface area contributed by atoms with Gasteiger partial charge in [-0.25, -0.2) is 4.79 Å². The maximum atomic E-state index is 12.9. The maximum Gasteiger partial charge on any atom is 0.321 e. The van der Waals surface area contributed by atoms with Crippen molar-refractivity contribution in [3.05, 3.63) is 53.6 Å². The number of carbonyl (C=O) groups is 1. The number of likely N-dealkylation sites (tertiary alicyclic amines) is 2. The van der Waals surface area contributed by atoms with Crippen LogP contribution in [0, 0.1) is 11.3 Å². The summed E-state index contributed by atoms with van der Waals surface area (Å²) in [5.41, 5.74) is 3.71. The van der Waals surface area contributed by atoms with E-state index in [0.717, 1.165) is 82.4 Å². The van der Waals surface area contributed by atoms with Gasteiger partial charge in [-0.05, 0) is 67.8 Å². The number of hydrogen-bond donors (Lipinski definition) is 1. The van der Waals surface area contributed by atoms with Crippen LogP contribution >= 0.6 is 0 Å². The van der Waals surface area contributed by atoms with E-state index >= 15 is 0 Å². The van der Waals surface area contributed by atoms with Crippen LogP contribution in [0.4, 0.5) is 10.5 Å². The van der Waals surface area contributed by atoms with Crippen LogP contribution in [0.25, 0.3) is 0 Å². The van der Waals surface area contributed by atoms with Gasteiger partial charge >= 0.3 is 6.03 Å². The molecule has 6 nitrogen and oxygen atoms in total. The Morgan fingerprint density at radius 2 is 1.80 bits per heavy atom. The first-order valence-electron chi connectivity index (χ1n) is 13.2. The molecule has 2 fully saturated rings. The lowest BCUT2D eigenvalue weighted by atomic mass is 9.71. The summed E-state index contributed by atoms with van der Waals surface area (Å²) >= 11 is 0. The van der Waals surface area contributed by atoms with E-state index < -0.39 is 0 Å². The van der Waals surface area contributed by atoms with Crippen molar-refractivity contribution in [2.24, 2.45) is 11.3 Å². The molecule has 3 aliphatic heterocycles. The monoisotopic (exact) mass is 477 g/mol. The lowest BCUT2D eigenvalue weighted by Gasteiger charge is -2.47. The lowest BCUT2D eigenvalue weighted by molar-refractivity contribution is 0.0439. The number of fused-ring (bicyclic) bond motifs is 1. The summed E-state index contributed by atoms with van der Waals surface area (Å²) in [7, 11) is 0. The fourth-order valence-corrected chi connectivity index (χ4v) is 5.59. The van der Waals surface area contributed by atoms with Crippen LogP contribution in [0.3, 0.4) is 0 Å². The van der Waals surface area contributed by atoms with Crippen LogP contribution < -0.4 is 14.8 Å². The molecular weight excluding hydrogens is 438 g/mol. The molecule has 2 amide bonds. The molecule has 1 spiro atoms. The average Bonchev–Trinajstić information content (AvgIpc) is 3.33. The molecule has 0 bridgehead atoms. The summed E-state index contributed by atoms with van der Waals surface area (Å²) in [4.78, 5) is 17.4. The number of ether oxygens (including phenoxy) is 2. The molecule has 5 rings (SSSR count). The van der Waals surface area contributed by atoms with Gasteiger partial charge in [-0.2, -0.15) is 0 Å². The zero-order chi connectivity index (χ0) is 24.3. The molecule has 3 heterocycles. The number of para-hydroxylation sites is 1. The summed E-state index contributed by atoms with van der Waals surface area (Å²) in [5.74, 6) is 2.45. The minimum Gasteiger partial charge on any atom is -0.493 e. The maximum absolute atomic E-state index is 12.9. The van der Waals surface area contributed by atoms with Crippen molar-refractivity contribution in [2.75, 3.05) is 44.7 Å². The number of urea groups is 1. The van der Waals surface area contributed by atoms with Gasteiger partial charge in [0.05, 0.1) is 13.2 Å². The van der Waals surface area contributed by atoms with Crippen molar-refractivity contribution in [3.8, 4) is 11.5 Å². The van der Waals surface area contributed by atoms with Crippen molar-refractivity contribution in [2.45, 2.75) is 52.5 Å². The molecule has 0 aromatic heterocycles. The first-order valence-corrected chi connectivity index (χ1v) is 13.2. The molecule has 3 aliphatic rings. The third-order valence-electron chi connectivity index (χ3n) is 7.91. The highest BCUT2D eigenvalue weighted by Crippen LogP contribution is 2.42. The summed E-state index contributed by atoms with van der Waals surface area (Å²) < 4.78 is 11.7. The second kappa shape index (κ2) is 10.5. The Morgan fingerprint density at radius 3 is 2.57 bits per heavy atom. The quantitative estimate of drug-likeness (QED) is 0.591. The van der Waals surface area contributed by atoms with Crippen LogP contribution in [0.1, 0.15) is 50.7 Å². The Hall–Kier alpha value is -2.73. The highest BCUT2D eigenvalue weighted by atomic mass is 16.5. The minimum atomic E-state index is 0.00763. The van der Waals surface area contributed by atoms with Gasteiger partial charge in [0, 0.05) is 43.4 Å². The second-order valence-corrected chi connectivity index (χ2v) is 10.9. The van der Waals surface area contributed by atoms with Crippen LogP contribution in [0.5, 0.6) is 11.5 Å². The first kappa shape index (κ1) is 24.0. The fourth-order valence-electron chi connectivity index (χ4n) is 5.59. The second-order valence-electron chi connectivity index (χ2n) is 10.9. The highest BCUT2D eigenvalue weighted by molar-refractivity contribution is 5.89.